The van der Waals surface area contributed by atoms with Crippen molar-refractivity contribution < 1.29 is 9.90 Å². The molecule has 1 amide bonds. The topological polar surface area (TPSA) is 49.3 Å². The van der Waals surface area contributed by atoms with Gasteiger partial charge in [0.2, 0.25) is 5.91 Å². The largest absolute Gasteiger partial charge is 0.508 e. The van der Waals surface area contributed by atoms with Crippen molar-refractivity contribution >= 4 is 5.91 Å². The smallest absolute Gasteiger partial charge is 0.224 e. The number of hydrogen-bond donors (Lipinski definition) is 2. The Hall–Kier alpha value is -1.51. The molecule has 1 aromatic rings. The van der Waals surface area contributed by atoms with E-state index in [4.69, 9.17) is 0 Å². The molecular weight excluding hydrogens is 226 g/mol. The number of carbonyl (C=O) groups excluding carboxylic acids is 1. The summed E-state index contributed by atoms with van der Waals surface area (Å²) in [6.07, 6.45) is 3.00. The van der Waals surface area contributed by atoms with Crippen molar-refractivity contribution in [1.29, 1.82) is 0 Å². The Balaban J connectivity index is 2.70. The van der Waals surface area contributed by atoms with Crippen molar-refractivity contribution in [3.63, 3.8) is 0 Å². The second kappa shape index (κ2) is 6.43. The third kappa shape index (κ3) is 3.49. The Morgan fingerprint density at radius 2 is 1.72 bits per heavy atom. The first-order valence-electron chi connectivity index (χ1n) is 6.64. The van der Waals surface area contributed by atoms with E-state index in [1.807, 2.05) is 6.07 Å². The van der Waals surface area contributed by atoms with Gasteiger partial charge in [0, 0.05) is 11.1 Å². The Morgan fingerprint density at radius 3 is 2.22 bits per heavy atom. The highest BCUT2D eigenvalue weighted by Gasteiger charge is 2.25. The summed E-state index contributed by atoms with van der Waals surface area (Å²) in [6, 6.07) is 6.97. The van der Waals surface area contributed by atoms with Crippen LogP contribution in [-0.2, 0) is 11.2 Å². The van der Waals surface area contributed by atoms with Crippen LogP contribution < -0.4 is 5.32 Å². The second-order valence-electron chi connectivity index (χ2n) is 4.69. The van der Waals surface area contributed by atoms with Crippen molar-refractivity contribution in [2.45, 2.75) is 52.0 Å². The van der Waals surface area contributed by atoms with Gasteiger partial charge < -0.3 is 10.4 Å². The van der Waals surface area contributed by atoms with Gasteiger partial charge in [0.05, 0.1) is 6.42 Å². The number of carbonyl (C=O) groups is 1. The minimum absolute atomic E-state index is 0.0259. The number of para-hydroxylation sites is 1. The van der Waals surface area contributed by atoms with Crippen molar-refractivity contribution in [2.75, 3.05) is 0 Å². The molecule has 2 N–H and O–H groups in total. The average molecular weight is 249 g/mol. The first-order chi connectivity index (χ1) is 8.56. The quantitative estimate of drug-likeness (QED) is 0.814. The Bertz CT molecular complexity index is 389. The molecule has 0 spiro atoms. The number of nitrogens with one attached hydrogen (secondary N) is 1. The SMILES string of the molecule is CCC(CC)(CC)NC(=O)Cc1ccccc1O. The van der Waals surface area contributed by atoms with Crippen LogP contribution in [0.4, 0.5) is 0 Å². The summed E-state index contributed by atoms with van der Waals surface area (Å²) in [5.41, 5.74) is 0.564. The second-order valence-corrected chi connectivity index (χ2v) is 4.69. The molecule has 0 aliphatic heterocycles. The van der Waals surface area contributed by atoms with Crippen LogP contribution in [0.25, 0.3) is 0 Å². The highest BCUT2D eigenvalue weighted by molar-refractivity contribution is 5.80. The lowest BCUT2D eigenvalue weighted by Gasteiger charge is -2.31. The monoisotopic (exact) mass is 249 g/mol. The number of aromatic hydroxyl groups is 1. The van der Waals surface area contributed by atoms with Crippen LogP contribution in [-0.4, -0.2) is 16.6 Å². The van der Waals surface area contributed by atoms with Gasteiger partial charge in [0.15, 0.2) is 0 Å². The number of hydrogen-bond acceptors (Lipinski definition) is 2. The first-order valence-corrected chi connectivity index (χ1v) is 6.64. The molecule has 18 heavy (non-hydrogen) atoms. The summed E-state index contributed by atoms with van der Waals surface area (Å²) in [5.74, 6) is 0.157. The van der Waals surface area contributed by atoms with Gasteiger partial charge in [0.25, 0.3) is 0 Å². The maximum Gasteiger partial charge on any atom is 0.224 e. The molecule has 0 saturated carbocycles. The van der Waals surface area contributed by atoms with Crippen LogP contribution in [0.5, 0.6) is 5.75 Å². The lowest BCUT2D eigenvalue weighted by Crippen LogP contribution is -2.47. The molecule has 100 valence electrons. The van der Waals surface area contributed by atoms with Gasteiger partial charge in [-0.2, -0.15) is 0 Å². The van der Waals surface area contributed by atoms with Gasteiger partial charge in [-0.3, -0.25) is 4.79 Å². The third-order valence-electron chi connectivity index (χ3n) is 3.78. The van der Waals surface area contributed by atoms with E-state index < -0.39 is 0 Å². The predicted octanol–water partition coefficient (Wildman–Crippen LogP) is 3.02. The van der Waals surface area contributed by atoms with E-state index in [1.165, 1.54) is 0 Å². The summed E-state index contributed by atoms with van der Waals surface area (Å²) in [6.45, 7) is 6.27. The molecule has 0 aromatic heterocycles. The molecule has 1 aromatic carbocycles. The summed E-state index contributed by atoms with van der Waals surface area (Å²) in [4.78, 5) is 12.0. The first kappa shape index (κ1) is 14.6. The van der Waals surface area contributed by atoms with E-state index in [0.717, 1.165) is 19.3 Å². The molecule has 3 heteroatoms. The van der Waals surface area contributed by atoms with Crippen molar-refractivity contribution in [1.82, 2.24) is 5.32 Å². The molecule has 0 saturated heterocycles. The average Bonchev–Trinajstić information content (AvgIpc) is 2.39. The lowest BCUT2D eigenvalue weighted by atomic mass is 9.89. The van der Waals surface area contributed by atoms with Crippen LogP contribution in [0.1, 0.15) is 45.6 Å². The summed E-state index contributed by atoms with van der Waals surface area (Å²) in [5, 5.41) is 12.8. The van der Waals surface area contributed by atoms with Crippen LogP contribution in [0.15, 0.2) is 24.3 Å². The molecule has 0 unspecified atom stereocenters. The van der Waals surface area contributed by atoms with Gasteiger partial charge in [-0.1, -0.05) is 39.0 Å². The van der Waals surface area contributed by atoms with Crippen LogP contribution in [0.3, 0.4) is 0 Å². The summed E-state index contributed by atoms with van der Waals surface area (Å²) >= 11 is 0. The van der Waals surface area contributed by atoms with Crippen LogP contribution in [0, 0.1) is 0 Å². The van der Waals surface area contributed by atoms with E-state index in [0.29, 0.717) is 5.56 Å². The summed E-state index contributed by atoms with van der Waals surface area (Å²) < 4.78 is 0. The lowest BCUT2D eigenvalue weighted by molar-refractivity contribution is -0.122. The molecule has 0 heterocycles. The highest BCUT2D eigenvalue weighted by atomic mass is 16.3. The van der Waals surface area contributed by atoms with Crippen molar-refractivity contribution in [3.8, 4) is 5.75 Å². The number of rotatable bonds is 6. The molecular formula is C15H23NO2. The van der Waals surface area contributed by atoms with Crippen LogP contribution in [0.2, 0.25) is 0 Å². The minimum atomic E-state index is -0.110. The van der Waals surface area contributed by atoms with E-state index in [9.17, 15) is 9.90 Å². The molecule has 0 aliphatic carbocycles. The van der Waals surface area contributed by atoms with E-state index in [-0.39, 0.29) is 23.6 Å². The zero-order chi connectivity index (χ0) is 13.6. The number of amides is 1. The van der Waals surface area contributed by atoms with Crippen molar-refractivity contribution in [2.24, 2.45) is 0 Å². The van der Waals surface area contributed by atoms with E-state index >= 15 is 0 Å². The Morgan fingerprint density at radius 1 is 1.17 bits per heavy atom. The van der Waals surface area contributed by atoms with Gasteiger partial charge in [0.1, 0.15) is 5.75 Å². The zero-order valence-electron chi connectivity index (χ0n) is 11.5. The molecule has 3 nitrogen and oxygen atoms in total. The maximum absolute atomic E-state index is 12.0. The van der Waals surface area contributed by atoms with Gasteiger partial charge in [-0.25, -0.2) is 0 Å². The fraction of sp³-hybridized carbons (Fsp3) is 0.533. The van der Waals surface area contributed by atoms with Gasteiger partial charge in [-0.15, -0.1) is 0 Å². The predicted molar refractivity (Wildman–Crippen MR) is 73.6 cm³/mol. The number of benzene rings is 1. The fourth-order valence-electron chi connectivity index (χ4n) is 2.19. The fourth-order valence-corrected chi connectivity index (χ4v) is 2.19. The van der Waals surface area contributed by atoms with E-state index in [1.54, 1.807) is 18.2 Å². The molecule has 0 atom stereocenters. The standard InChI is InChI=1S/C15H23NO2/c1-4-15(5-2,6-3)16-14(18)11-12-9-7-8-10-13(12)17/h7-10,17H,4-6,11H2,1-3H3,(H,16,18). The van der Waals surface area contributed by atoms with E-state index in [2.05, 4.69) is 26.1 Å². The highest BCUT2D eigenvalue weighted by Crippen LogP contribution is 2.21. The third-order valence-corrected chi connectivity index (χ3v) is 3.78. The molecule has 0 radical (unpaired) electrons. The number of phenolic OH excluding ortho intramolecular Hbond substituents is 1. The Kier molecular flexibility index (Phi) is 5.20. The van der Waals surface area contributed by atoms with Crippen molar-refractivity contribution in [3.05, 3.63) is 29.8 Å². The Labute approximate surface area is 109 Å². The van der Waals surface area contributed by atoms with Gasteiger partial charge in [-0.05, 0) is 25.3 Å². The normalized spacial score (nSPS) is 11.3. The number of phenols is 1. The molecule has 0 fully saturated rings. The van der Waals surface area contributed by atoms with Gasteiger partial charge >= 0.3 is 0 Å². The maximum atomic E-state index is 12.0. The minimum Gasteiger partial charge on any atom is -0.508 e. The summed E-state index contributed by atoms with van der Waals surface area (Å²) in [7, 11) is 0. The zero-order valence-corrected chi connectivity index (χ0v) is 11.5. The molecule has 0 bridgehead atoms. The molecule has 1 rings (SSSR count). The van der Waals surface area contributed by atoms with Crippen LogP contribution >= 0.6 is 0 Å². The molecule has 0 aliphatic rings.